The predicted molar refractivity (Wildman–Crippen MR) is 106 cm³/mol. The zero-order chi connectivity index (χ0) is 20.3. The highest BCUT2D eigenvalue weighted by molar-refractivity contribution is 5.72. The number of fused-ring (bicyclic) bond motifs is 1. The van der Waals surface area contributed by atoms with E-state index in [1.54, 1.807) is 0 Å². The van der Waals surface area contributed by atoms with E-state index >= 15 is 0 Å². The van der Waals surface area contributed by atoms with Crippen LogP contribution in [0.4, 0.5) is 4.79 Å². The summed E-state index contributed by atoms with van der Waals surface area (Å²) in [6.45, 7) is 6.33. The lowest BCUT2D eigenvalue weighted by Gasteiger charge is -2.36. The van der Waals surface area contributed by atoms with Gasteiger partial charge in [-0.25, -0.2) is 4.79 Å². The topological polar surface area (TPSA) is 65.1 Å². The molecule has 0 aromatic carbocycles. The van der Waals surface area contributed by atoms with E-state index in [1.807, 2.05) is 25.7 Å². The standard InChI is InChI=1S/C22H37NO5/c1-22(2,3)28-21(25)23-17(13-16-7-5-6-8-19(16)23)14-27-18-11-9-15(10-12-18)20(24)26-4/h15-19H,5-14H2,1-4H3/t15?,16?,17-,18?,19?/m0/s1. The second kappa shape index (κ2) is 9.02. The zero-order valence-electron chi connectivity index (χ0n) is 17.9. The van der Waals surface area contributed by atoms with Crippen LogP contribution in [-0.4, -0.2) is 54.5 Å². The number of rotatable bonds is 4. The minimum atomic E-state index is -0.485. The fraction of sp³-hybridized carbons (Fsp3) is 0.909. The molecule has 3 atom stereocenters. The number of hydrogen-bond donors (Lipinski definition) is 0. The summed E-state index contributed by atoms with van der Waals surface area (Å²) in [4.78, 5) is 26.6. The highest BCUT2D eigenvalue weighted by Crippen LogP contribution is 2.41. The smallest absolute Gasteiger partial charge is 0.410 e. The van der Waals surface area contributed by atoms with Gasteiger partial charge in [0.05, 0.1) is 31.8 Å². The van der Waals surface area contributed by atoms with Gasteiger partial charge in [-0.15, -0.1) is 0 Å². The Bertz CT molecular complexity index is 550. The van der Waals surface area contributed by atoms with Crippen molar-refractivity contribution in [2.45, 2.75) is 102 Å². The molecule has 0 N–H and O–H groups in total. The number of nitrogens with zero attached hydrogens (tertiary/aromatic N) is 1. The normalized spacial score (nSPS) is 33.3. The molecule has 1 saturated heterocycles. The van der Waals surface area contributed by atoms with E-state index in [1.165, 1.54) is 26.4 Å². The van der Waals surface area contributed by atoms with Crippen LogP contribution >= 0.6 is 0 Å². The molecular formula is C22H37NO5. The Hall–Kier alpha value is -1.30. The lowest BCUT2D eigenvalue weighted by molar-refractivity contribution is -0.147. The van der Waals surface area contributed by atoms with Gasteiger partial charge < -0.3 is 14.2 Å². The minimum Gasteiger partial charge on any atom is -0.469 e. The SMILES string of the molecule is COC(=O)C1CCC(OC[C@@H]2CC3CCCCC3N2C(=O)OC(C)(C)C)CC1. The van der Waals surface area contributed by atoms with Crippen molar-refractivity contribution < 1.29 is 23.8 Å². The molecule has 0 bridgehead atoms. The molecule has 6 nitrogen and oxygen atoms in total. The van der Waals surface area contributed by atoms with Gasteiger partial charge in [0.15, 0.2) is 0 Å². The first-order valence-electron chi connectivity index (χ1n) is 11.0. The first-order chi connectivity index (χ1) is 13.3. The minimum absolute atomic E-state index is 0.0115. The van der Waals surface area contributed by atoms with Gasteiger partial charge in [0.2, 0.25) is 0 Å². The van der Waals surface area contributed by atoms with Crippen molar-refractivity contribution in [3.8, 4) is 0 Å². The van der Waals surface area contributed by atoms with Crippen molar-refractivity contribution in [1.29, 1.82) is 0 Å². The molecule has 2 aliphatic carbocycles. The number of esters is 1. The van der Waals surface area contributed by atoms with Gasteiger partial charge in [-0.1, -0.05) is 12.8 Å². The summed E-state index contributed by atoms with van der Waals surface area (Å²) in [6.07, 6.45) is 9.12. The number of likely N-dealkylation sites (tertiary alicyclic amines) is 1. The van der Waals surface area contributed by atoms with E-state index in [9.17, 15) is 9.59 Å². The molecule has 2 unspecified atom stereocenters. The molecule has 3 fully saturated rings. The van der Waals surface area contributed by atoms with E-state index in [0.717, 1.165) is 38.5 Å². The van der Waals surface area contributed by atoms with Gasteiger partial charge >= 0.3 is 12.1 Å². The molecule has 0 spiro atoms. The van der Waals surface area contributed by atoms with Crippen LogP contribution in [-0.2, 0) is 19.0 Å². The van der Waals surface area contributed by atoms with E-state index in [-0.39, 0.29) is 30.1 Å². The summed E-state index contributed by atoms with van der Waals surface area (Å²) < 4.78 is 16.8. The van der Waals surface area contributed by atoms with E-state index < -0.39 is 5.60 Å². The fourth-order valence-corrected chi connectivity index (χ4v) is 5.19. The molecule has 2 saturated carbocycles. The number of methoxy groups -OCH3 is 1. The van der Waals surface area contributed by atoms with Gasteiger partial charge in [-0.3, -0.25) is 9.69 Å². The van der Waals surface area contributed by atoms with Crippen LogP contribution in [0.5, 0.6) is 0 Å². The Morgan fingerprint density at radius 1 is 1.00 bits per heavy atom. The summed E-state index contributed by atoms with van der Waals surface area (Å²) in [5.74, 6) is 0.483. The predicted octanol–water partition coefficient (Wildman–Crippen LogP) is 4.30. The summed E-state index contributed by atoms with van der Waals surface area (Å²) >= 11 is 0. The molecular weight excluding hydrogens is 358 g/mol. The van der Waals surface area contributed by atoms with E-state index in [0.29, 0.717) is 18.6 Å². The molecule has 28 heavy (non-hydrogen) atoms. The maximum atomic E-state index is 12.9. The third-order valence-electron chi connectivity index (χ3n) is 6.53. The van der Waals surface area contributed by atoms with Crippen LogP contribution in [0.3, 0.4) is 0 Å². The maximum absolute atomic E-state index is 12.9. The van der Waals surface area contributed by atoms with E-state index in [2.05, 4.69) is 0 Å². The molecule has 1 aliphatic heterocycles. The molecule has 0 radical (unpaired) electrons. The number of carbonyl (C=O) groups excluding carboxylic acids is 2. The third-order valence-corrected chi connectivity index (χ3v) is 6.53. The first kappa shape index (κ1) is 21.4. The van der Waals surface area contributed by atoms with Crippen molar-refractivity contribution in [3.05, 3.63) is 0 Å². The molecule has 6 heteroatoms. The van der Waals surface area contributed by atoms with Gasteiger partial charge in [0.1, 0.15) is 5.60 Å². The maximum Gasteiger partial charge on any atom is 0.410 e. The van der Waals surface area contributed by atoms with E-state index in [4.69, 9.17) is 14.2 Å². The number of amides is 1. The Morgan fingerprint density at radius 2 is 1.68 bits per heavy atom. The molecule has 1 amide bonds. The van der Waals surface area contributed by atoms with Crippen LogP contribution in [0.25, 0.3) is 0 Å². The Balaban J connectivity index is 1.56. The van der Waals surface area contributed by atoms with Crippen molar-refractivity contribution in [1.82, 2.24) is 4.90 Å². The Morgan fingerprint density at radius 3 is 2.32 bits per heavy atom. The number of hydrogen-bond acceptors (Lipinski definition) is 5. The summed E-state index contributed by atoms with van der Waals surface area (Å²) in [5, 5.41) is 0. The van der Waals surface area contributed by atoms with Crippen molar-refractivity contribution in [2.75, 3.05) is 13.7 Å². The summed E-state index contributed by atoms with van der Waals surface area (Å²) in [5.41, 5.74) is -0.485. The molecule has 0 aromatic heterocycles. The van der Waals surface area contributed by atoms with Gasteiger partial charge in [-0.05, 0) is 71.6 Å². The van der Waals surface area contributed by atoms with Crippen molar-refractivity contribution in [2.24, 2.45) is 11.8 Å². The number of carbonyl (C=O) groups is 2. The lowest BCUT2D eigenvalue weighted by Crippen LogP contribution is -2.47. The average Bonchev–Trinajstić information content (AvgIpc) is 3.03. The highest BCUT2D eigenvalue weighted by Gasteiger charge is 2.46. The number of ether oxygens (including phenoxy) is 3. The molecule has 3 rings (SSSR count). The summed E-state index contributed by atoms with van der Waals surface area (Å²) in [7, 11) is 1.45. The van der Waals surface area contributed by atoms with Crippen LogP contribution in [0.15, 0.2) is 0 Å². The van der Waals surface area contributed by atoms with Crippen LogP contribution in [0.2, 0.25) is 0 Å². The highest BCUT2D eigenvalue weighted by atomic mass is 16.6. The van der Waals surface area contributed by atoms with Gasteiger partial charge in [-0.2, -0.15) is 0 Å². The second-order valence-electron chi connectivity index (χ2n) is 9.72. The summed E-state index contributed by atoms with van der Waals surface area (Å²) in [6, 6.07) is 0.397. The fourth-order valence-electron chi connectivity index (χ4n) is 5.19. The Kier molecular flexibility index (Phi) is 6.89. The zero-order valence-corrected chi connectivity index (χ0v) is 17.9. The Labute approximate surface area is 169 Å². The van der Waals surface area contributed by atoms with Crippen LogP contribution in [0.1, 0.15) is 78.6 Å². The quantitative estimate of drug-likeness (QED) is 0.664. The van der Waals surface area contributed by atoms with Gasteiger partial charge in [0.25, 0.3) is 0 Å². The monoisotopic (exact) mass is 395 g/mol. The van der Waals surface area contributed by atoms with Crippen molar-refractivity contribution >= 4 is 12.1 Å². The largest absolute Gasteiger partial charge is 0.469 e. The molecule has 0 aromatic rings. The van der Waals surface area contributed by atoms with Crippen LogP contribution in [0, 0.1) is 11.8 Å². The first-order valence-corrected chi connectivity index (χ1v) is 11.0. The molecule has 160 valence electrons. The molecule has 3 aliphatic rings. The lowest BCUT2D eigenvalue weighted by atomic mass is 9.85. The van der Waals surface area contributed by atoms with Crippen molar-refractivity contribution in [3.63, 3.8) is 0 Å². The third kappa shape index (κ3) is 5.19. The average molecular weight is 396 g/mol. The van der Waals surface area contributed by atoms with Gasteiger partial charge in [0, 0.05) is 6.04 Å². The molecule has 1 heterocycles. The van der Waals surface area contributed by atoms with Crippen LogP contribution < -0.4 is 0 Å². The second-order valence-corrected chi connectivity index (χ2v) is 9.72.